The number of unbranched alkanes of at least 4 members (excludes halogenated alkanes) is 1. The Morgan fingerprint density at radius 1 is 1.32 bits per heavy atom. The van der Waals surface area contributed by atoms with Gasteiger partial charge in [-0.15, -0.1) is 24.8 Å². The predicted octanol–water partition coefficient (Wildman–Crippen LogP) is 2.86. The number of amides is 1. The molecule has 1 aromatic carbocycles. The number of benzene rings is 1. The smallest absolute Gasteiger partial charge is 0.251 e. The summed E-state index contributed by atoms with van der Waals surface area (Å²) in [5.74, 6) is 0.0291. The fourth-order valence-electron chi connectivity index (χ4n) is 2.44. The predicted molar refractivity (Wildman–Crippen MR) is 97.9 cm³/mol. The summed E-state index contributed by atoms with van der Waals surface area (Å²) in [4.78, 5) is 14.3. The molecule has 6 heteroatoms. The van der Waals surface area contributed by atoms with Crippen LogP contribution in [0, 0.1) is 0 Å². The van der Waals surface area contributed by atoms with Crippen molar-refractivity contribution in [3.05, 3.63) is 29.8 Å². The number of hydrogen-bond acceptors (Lipinski definition) is 3. The van der Waals surface area contributed by atoms with Crippen LogP contribution in [-0.2, 0) is 0 Å². The molecule has 1 fully saturated rings. The SMILES string of the molecule is CCCCN(C)c1ccc(C(=O)NC2CCNC2)cc1.Cl.Cl. The van der Waals surface area contributed by atoms with Crippen LogP contribution in [0.1, 0.15) is 36.5 Å². The quantitative estimate of drug-likeness (QED) is 0.831. The molecule has 2 N–H and O–H groups in total. The molecule has 1 heterocycles. The third-order valence-corrected chi connectivity index (χ3v) is 3.81. The number of carbonyl (C=O) groups excluding carboxylic acids is 1. The molecule has 126 valence electrons. The van der Waals surface area contributed by atoms with Crippen molar-refractivity contribution < 1.29 is 4.79 Å². The first-order valence-electron chi connectivity index (χ1n) is 7.53. The van der Waals surface area contributed by atoms with E-state index in [2.05, 4.69) is 29.5 Å². The number of anilines is 1. The van der Waals surface area contributed by atoms with Crippen molar-refractivity contribution in [2.45, 2.75) is 32.2 Å². The second-order valence-corrected chi connectivity index (χ2v) is 5.49. The zero-order chi connectivity index (χ0) is 14.4. The number of carbonyl (C=O) groups is 1. The summed E-state index contributed by atoms with van der Waals surface area (Å²) >= 11 is 0. The second kappa shape index (κ2) is 10.7. The Bertz CT molecular complexity index is 434. The van der Waals surface area contributed by atoms with Crippen LogP contribution in [0.2, 0.25) is 0 Å². The number of nitrogens with zero attached hydrogens (tertiary/aromatic N) is 1. The van der Waals surface area contributed by atoms with Crippen molar-refractivity contribution in [1.82, 2.24) is 10.6 Å². The topological polar surface area (TPSA) is 44.4 Å². The molecule has 1 aliphatic heterocycles. The number of hydrogen-bond donors (Lipinski definition) is 2. The normalized spacial score (nSPS) is 16.4. The Hall–Kier alpha value is -0.970. The fraction of sp³-hybridized carbons (Fsp3) is 0.562. The van der Waals surface area contributed by atoms with E-state index in [9.17, 15) is 4.79 Å². The number of halogens is 2. The summed E-state index contributed by atoms with van der Waals surface area (Å²) in [6, 6.07) is 8.15. The molecule has 1 aromatic rings. The highest BCUT2D eigenvalue weighted by Crippen LogP contribution is 2.14. The standard InChI is InChI=1S/C16H25N3O.2ClH/c1-3-4-11-19(2)15-7-5-13(6-8-15)16(20)18-14-9-10-17-12-14;;/h5-8,14,17H,3-4,9-12H2,1-2H3,(H,18,20);2*1H. The lowest BCUT2D eigenvalue weighted by Gasteiger charge is -2.19. The van der Waals surface area contributed by atoms with Crippen molar-refractivity contribution >= 4 is 36.4 Å². The van der Waals surface area contributed by atoms with E-state index in [1.165, 1.54) is 12.8 Å². The molecule has 1 unspecified atom stereocenters. The van der Waals surface area contributed by atoms with Gasteiger partial charge in [-0.1, -0.05) is 13.3 Å². The molecule has 1 aliphatic rings. The lowest BCUT2D eigenvalue weighted by molar-refractivity contribution is 0.0940. The maximum atomic E-state index is 12.1. The first-order valence-corrected chi connectivity index (χ1v) is 7.53. The van der Waals surface area contributed by atoms with Crippen LogP contribution in [-0.4, -0.2) is 38.6 Å². The van der Waals surface area contributed by atoms with Crippen molar-refractivity contribution in [3.63, 3.8) is 0 Å². The van der Waals surface area contributed by atoms with Gasteiger partial charge in [0.05, 0.1) is 0 Å². The molecule has 0 aliphatic carbocycles. The Labute approximate surface area is 145 Å². The van der Waals surface area contributed by atoms with Gasteiger partial charge in [0.2, 0.25) is 0 Å². The summed E-state index contributed by atoms with van der Waals surface area (Å²) in [5.41, 5.74) is 1.90. The highest BCUT2D eigenvalue weighted by atomic mass is 35.5. The maximum absolute atomic E-state index is 12.1. The molecular weight excluding hydrogens is 321 g/mol. The second-order valence-electron chi connectivity index (χ2n) is 5.49. The van der Waals surface area contributed by atoms with E-state index < -0.39 is 0 Å². The maximum Gasteiger partial charge on any atom is 0.251 e. The minimum atomic E-state index is 0. The summed E-state index contributed by atoms with van der Waals surface area (Å²) in [7, 11) is 2.09. The van der Waals surface area contributed by atoms with Gasteiger partial charge >= 0.3 is 0 Å². The Morgan fingerprint density at radius 2 is 2.00 bits per heavy atom. The Morgan fingerprint density at radius 3 is 2.55 bits per heavy atom. The van der Waals surface area contributed by atoms with E-state index >= 15 is 0 Å². The molecule has 0 aromatic heterocycles. The molecule has 0 bridgehead atoms. The van der Waals surface area contributed by atoms with Gasteiger partial charge in [0, 0.05) is 37.4 Å². The van der Waals surface area contributed by atoms with Crippen LogP contribution in [0.3, 0.4) is 0 Å². The number of rotatable bonds is 6. The van der Waals surface area contributed by atoms with Crippen LogP contribution in [0.5, 0.6) is 0 Å². The van der Waals surface area contributed by atoms with Gasteiger partial charge in [-0.2, -0.15) is 0 Å². The zero-order valence-electron chi connectivity index (χ0n) is 13.3. The zero-order valence-corrected chi connectivity index (χ0v) is 14.9. The molecule has 0 radical (unpaired) electrons. The van der Waals surface area contributed by atoms with E-state index in [1.54, 1.807) is 0 Å². The molecular formula is C16H27Cl2N3O. The average molecular weight is 348 g/mol. The van der Waals surface area contributed by atoms with Gasteiger partial charge in [0.1, 0.15) is 0 Å². The van der Waals surface area contributed by atoms with Crippen LogP contribution >= 0.6 is 24.8 Å². The van der Waals surface area contributed by atoms with E-state index in [0.717, 1.165) is 37.3 Å². The minimum Gasteiger partial charge on any atom is -0.375 e. The van der Waals surface area contributed by atoms with E-state index in [0.29, 0.717) is 0 Å². The minimum absolute atomic E-state index is 0. The van der Waals surface area contributed by atoms with Gasteiger partial charge < -0.3 is 15.5 Å². The van der Waals surface area contributed by atoms with Crippen molar-refractivity contribution in [1.29, 1.82) is 0 Å². The molecule has 0 spiro atoms. The summed E-state index contributed by atoms with van der Waals surface area (Å²) < 4.78 is 0. The average Bonchev–Trinajstić information content (AvgIpc) is 2.97. The molecule has 4 nitrogen and oxygen atoms in total. The van der Waals surface area contributed by atoms with Gasteiger partial charge in [-0.05, 0) is 43.7 Å². The molecule has 1 saturated heterocycles. The van der Waals surface area contributed by atoms with Gasteiger partial charge in [-0.25, -0.2) is 0 Å². The van der Waals surface area contributed by atoms with Crippen LogP contribution in [0.4, 0.5) is 5.69 Å². The lowest BCUT2D eigenvalue weighted by Crippen LogP contribution is -2.36. The van der Waals surface area contributed by atoms with E-state index in [4.69, 9.17) is 0 Å². The van der Waals surface area contributed by atoms with Gasteiger partial charge in [0.15, 0.2) is 0 Å². The third kappa shape index (κ3) is 6.03. The molecule has 22 heavy (non-hydrogen) atoms. The molecule has 2 rings (SSSR count). The van der Waals surface area contributed by atoms with E-state index in [-0.39, 0.29) is 36.8 Å². The molecule has 0 saturated carbocycles. The largest absolute Gasteiger partial charge is 0.375 e. The van der Waals surface area contributed by atoms with Crippen molar-refractivity contribution in [2.75, 3.05) is 31.6 Å². The Balaban J connectivity index is 0.00000220. The first-order chi connectivity index (χ1) is 9.70. The van der Waals surface area contributed by atoms with Crippen LogP contribution in [0.15, 0.2) is 24.3 Å². The lowest BCUT2D eigenvalue weighted by atomic mass is 10.1. The fourth-order valence-corrected chi connectivity index (χ4v) is 2.44. The van der Waals surface area contributed by atoms with Crippen LogP contribution < -0.4 is 15.5 Å². The summed E-state index contributed by atoms with van der Waals surface area (Å²) in [6.07, 6.45) is 3.40. The highest BCUT2D eigenvalue weighted by molar-refractivity contribution is 5.94. The molecule has 1 atom stereocenters. The molecule has 1 amide bonds. The van der Waals surface area contributed by atoms with E-state index in [1.807, 2.05) is 24.3 Å². The van der Waals surface area contributed by atoms with Crippen molar-refractivity contribution in [3.8, 4) is 0 Å². The third-order valence-electron chi connectivity index (χ3n) is 3.81. The van der Waals surface area contributed by atoms with Crippen molar-refractivity contribution in [2.24, 2.45) is 0 Å². The Kier molecular flexibility index (Phi) is 10.2. The number of nitrogens with one attached hydrogen (secondary N) is 2. The summed E-state index contributed by atoms with van der Waals surface area (Å²) in [5, 5.41) is 6.31. The monoisotopic (exact) mass is 347 g/mol. The first kappa shape index (κ1) is 21.0. The van der Waals surface area contributed by atoms with Crippen LogP contribution in [0.25, 0.3) is 0 Å². The highest BCUT2D eigenvalue weighted by Gasteiger charge is 2.17. The van der Waals surface area contributed by atoms with Gasteiger partial charge in [-0.3, -0.25) is 4.79 Å². The summed E-state index contributed by atoms with van der Waals surface area (Å²) in [6.45, 7) is 5.12. The van der Waals surface area contributed by atoms with Gasteiger partial charge in [0.25, 0.3) is 5.91 Å².